The van der Waals surface area contributed by atoms with Crippen LogP contribution in [0.15, 0.2) is 138 Å². The zero-order valence-electron chi connectivity index (χ0n) is 23.6. The maximum Gasteiger partial charge on any atom is 0.136 e. The monoisotopic (exact) mass is 536 g/mol. The van der Waals surface area contributed by atoms with Crippen LogP contribution in [0.1, 0.15) is 25.0 Å². The fourth-order valence-electron chi connectivity index (χ4n) is 7.47. The molecule has 0 spiro atoms. The Kier molecular flexibility index (Phi) is 4.73. The van der Waals surface area contributed by atoms with Gasteiger partial charge in [0.05, 0.1) is 0 Å². The molecule has 0 unspecified atom stereocenters. The highest BCUT2D eigenvalue weighted by Gasteiger charge is 2.39. The number of furan rings is 1. The largest absolute Gasteiger partial charge is 0.456 e. The average molecular weight is 537 g/mol. The zero-order chi connectivity index (χ0) is 28.0. The Morgan fingerprint density at radius 2 is 1.21 bits per heavy atom. The number of hydrogen-bond acceptors (Lipinski definition) is 1. The van der Waals surface area contributed by atoms with Gasteiger partial charge in [-0.15, -0.1) is 0 Å². The van der Waals surface area contributed by atoms with Gasteiger partial charge in [0, 0.05) is 16.2 Å². The van der Waals surface area contributed by atoms with E-state index >= 15 is 0 Å². The number of rotatable bonds is 2. The molecule has 1 heteroatoms. The van der Waals surface area contributed by atoms with Crippen molar-refractivity contribution < 1.29 is 4.42 Å². The highest BCUT2D eigenvalue weighted by Crippen LogP contribution is 2.55. The molecule has 0 radical (unpaired) electrons. The lowest BCUT2D eigenvalue weighted by Crippen LogP contribution is -2.15. The lowest BCUT2D eigenvalue weighted by atomic mass is 9.79. The van der Waals surface area contributed by atoms with E-state index in [-0.39, 0.29) is 5.41 Å². The second-order valence-electron chi connectivity index (χ2n) is 12.1. The van der Waals surface area contributed by atoms with Gasteiger partial charge in [0.15, 0.2) is 0 Å². The molecule has 1 nitrogen and oxygen atoms in total. The second kappa shape index (κ2) is 8.44. The van der Waals surface area contributed by atoms with Crippen molar-refractivity contribution in [1.29, 1.82) is 0 Å². The predicted octanol–water partition coefficient (Wildman–Crippen LogP) is 11.5. The molecule has 7 aromatic carbocycles. The highest BCUT2D eigenvalue weighted by molar-refractivity contribution is 6.16. The quantitative estimate of drug-likeness (QED) is 0.214. The molecule has 0 saturated heterocycles. The van der Waals surface area contributed by atoms with E-state index in [9.17, 15) is 0 Å². The van der Waals surface area contributed by atoms with Gasteiger partial charge in [0.25, 0.3) is 0 Å². The Labute approximate surface area is 244 Å². The first-order valence-electron chi connectivity index (χ1n) is 14.7. The van der Waals surface area contributed by atoms with Crippen LogP contribution in [-0.2, 0) is 5.41 Å². The van der Waals surface area contributed by atoms with Crippen molar-refractivity contribution in [3.63, 3.8) is 0 Å². The first-order chi connectivity index (χ1) is 20.6. The molecule has 198 valence electrons. The van der Waals surface area contributed by atoms with Gasteiger partial charge in [-0.25, -0.2) is 0 Å². The molecule has 1 aliphatic carbocycles. The van der Waals surface area contributed by atoms with Crippen molar-refractivity contribution in [2.75, 3.05) is 0 Å². The molecule has 0 atom stereocenters. The van der Waals surface area contributed by atoms with E-state index in [0.29, 0.717) is 0 Å². The van der Waals surface area contributed by atoms with E-state index in [4.69, 9.17) is 4.42 Å². The van der Waals surface area contributed by atoms with Crippen molar-refractivity contribution in [2.24, 2.45) is 0 Å². The second-order valence-corrected chi connectivity index (χ2v) is 12.1. The Morgan fingerprint density at radius 1 is 0.476 bits per heavy atom. The Hall–Kier alpha value is -5.14. The van der Waals surface area contributed by atoms with Crippen LogP contribution in [0, 0.1) is 0 Å². The average Bonchev–Trinajstić information content (AvgIpc) is 3.51. The van der Waals surface area contributed by atoms with Gasteiger partial charge in [-0.05, 0) is 96.4 Å². The van der Waals surface area contributed by atoms with Gasteiger partial charge < -0.3 is 4.42 Å². The van der Waals surface area contributed by atoms with E-state index in [1.807, 2.05) is 0 Å². The minimum atomic E-state index is -0.159. The molecule has 1 aliphatic rings. The van der Waals surface area contributed by atoms with Crippen LogP contribution < -0.4 is 0 Å². The third kappa shape index (κ3) is 3.19. The van der Waals surface area contributed by atoms with E-state index in [1.54, 1.807) is 0 Å². The first-order valence-corrected chi connectivity index (χ1v) is 14.7. The molecule has 9 rings (SSSR count). The topological polar surface area (TPSA) is 13.1 Å². The minimum Gasteiger partial charge on any atom is -0.456 e. The van der Waals surface area contributed by atoms with E-state index in [2.05, 4.69) is 147 Å². The van der Waals surface area contributed by atoms with Crippen LogP contribution in [0.2, 0.25) is 0 Å². The molecular weight excluding hydrogens is 508 g/mol. The smallest absolute Gasteiger partial charge is 0.136 e. The van der Waals surface area contributed by atoms with Crippen molar-refractivity contribution in [1.82, 2.24) is 0 Å². The molecule has 0 amide bonds. The number of hydrogen-bond donors (Lipinski definition) is 0. The predicted molar refractivity (Wildman–Crippen MR) is 177 cm³/mol. The lowest BCUT2D eigenvalue weighted by Gasteiger charge is -2.24. The van der Waals surface area contributed by atoms with E-state index in [1.165, 1.54) is 71.4 Å². The van der Waals surface area contributed by atoms with Gasteiger partial charge in [0.2, 0.25) is 0 Å². The summed E-state index contributed by atoms with van der Waals surface area (Å²) in [4.78, 5) is 0. The van der Waals surface area contributed by atoms with Crippen LogP contribution >= 0.6 is 0 Å². The third-order valence-electron chi connectivity index (χ3n) is 9.39. The van der Waals surface area contributed by atoms with Gasteiger partial charge in [-0.2, -0.15) is 0 Å². The summed E-state index contributed by atoms with van der Waals surface area (Å²) in [7, 11) is 0. The van der Waals surface area contributed by atoms with Gasteiger partial charge in [-0.1, -0.05) is 117 Å². The first kappa shape index (κ1) is 23.6. The molecule has 1 aromatic heterocycles. The summed E-state index contributed by atoms with van der Waals surface area (Å²) in [5.41, 5.74) is 12.1. The molecular formula is C41H28O. The van der Waals surface area contributed by atoms with Crippen LogP contribution in [0.4, 0.5) is 0 Å². The zero-order valence-corrected chi connectivity index (χ0v) is 23.6. The SMILES string of the molecule is CC1(C)c2cc(-c3cccc4oc5cc6ccccc6cc5c34)cc(-c3ccccc3)c2-c2ccc3ccccc3c21. The summed E-state index contributed by atoms with van der Waals surface area (Å²) in [6.45, 7) is 4.78. The summed E-state index contributed by atoms with van der Waals surface area (Å²) in [6.07, 6.45) is 0. The highest BCUT2D eigenvalue weighted by atomic mass is 16.3. The minimum absolute atomic E-state index is 0.159. The summed E-state index contributed by atoms with van der Waals surface area (Å²) >= 11 is 0. The summed E-state index contributed by atoms with van der Waals surface area (Å²) < 4.78 is 6.47. The molecule has 0 aliphatic heterocycles. The lowest BCUT2D eigenvalue weighted by molar-refractivity contribution is 0.666. The standard InChI is InChI=1S/C41H28O/c1-41(2)35-23-29(30-17-10-18-36-39(30)34-21-27-14-6-7-15-28(27)24-37(34)42-36)22-33(25-11-4-3-5-12-25)38(35)32-20-19-26-13-8-9-16-31(26)40(32)41/h3-24H,1-2H3. The molecule has 8 aromatic rings. The maximum absolute atomic E-state index is 6.47. The summed E-state index contributed by atoms with van der Waals surface area (Å²) in [6, 6.07) is 48.6. The molecule has 0 bridgehead atoms. The fourth-order valence-corrected chi connectivity index (χ4v) is 7.47. The van der Waals surface area contributed by atoms with E-state index in [0.717, 1.165) is 16.6 Å². The molecule has 0 fully saturated rings. The van der Waals surface area contributed by atoms with Crippen molar-refractivity contribution >= 4 is 43.5 Å². The maximum atomic E-state index is 6.47. The van der Waals surface area contributed by atoms with Crippen molar-refractivity contribution in [2.45, 2.75) is 19.3 Å². The molecule has 42 heavy (non-hydrogen) atoms. The van der Waals surface area contributed by atoms with Crippen LogP contribution in [0.25, 0.3) is 76.9 Å². The van der Waals surface area contributed by atoms with Gasteiger partial charge in [-0.3, -0.25) is 0 Å². The normalized spacial score (nSPS) is 13.7. The molecule has 0 N–H and O–H groups in total. The van der Waals surface area contributed by atoms with Crippen LogP contribution in [0.3, 0.4) is 0 Å². The van der Waals surface area contributed by atoms with Gasteiger partial charge in [0.1, 0.15) is 11.2 Å². The van der Waals surface area contributed by atoms with Crippen molar-refractivity contribution in [3.8, 4) is 33.4 Å². The Balaban J connectivity index is 1.38. The van der Waals surface area contributed by atoms with Crippen LogP contribution in [0.5, 0.6) is 0 Å². The number of benzene rings is 7. The summed E-state index contributed by atoms with van der Waals surface area (Å²) in [5, 5.41) is 7.39. The molecule has 0 saturated carbocycles. The molecule has 1 heterocycles. The number of fused-ring (bicyclic) bond motifs is 9. The summed E-state index contributed by atoms with van der Waals surface area (Å²) in [5.74, 6) is 0. The third-order valence-corrected chi connectivity index (χ3v) is 9.39. The fraction of sp³-hybridized carbons (Fsp3) is 0.0732. The van der Waals surface area contributed by atoms with Crippen molar-refractivity contribution in [3.05, 3.63) is 145 Å². The Bertz CT molecular complexity index is 2370. The van der Waals surface area contributed by atoms with E-state index < -0.39 is 0 Å². The van der Waals surface area contributed by atoms with Gasteiger partial charge >= 0.3 is 0 Å². The Morgan fingerprint density at radius 3 is 2.05 bits per heavy atom. The van der Waals surface area contributed by atoms with Crippen LogP contribution in [-0.4, -0.2) is 0 Å².